The van der Waals surface area contributed by atoms with E-state index in [9.17, 15) is 0 Å². The highest BCUT2D eigenvalue weighted by atomic mass is 15.4. The van der Waals surface area contributed by atoms with Crippen molar-refractivity contribution in [3.63, 3.8) is 0 Å². The lowest BCUT2D eigenvalue weighted by Crippen LogP contribution is -1.93. The predicted molar refractivity (Wildman–Crippen MR) is 58.6 cm³/mol. The molecule has 1 aromatic heterocycles. The van der Waals surface area contributed by atoms with Crippen LogP contribution in [0.1, 0.15) is 18.5 Å². The van der Waals surface area contributed by atoms with Gasteiger partial charge in [-0.25, -0.2) is 4.68 Å². The van der Waals surface area contributed by atoms with Crippen molar-refractivity contribution < 1.29 is 0 Å². The normalized spacial score (nSPS) is 12.0. The molecule has 3 nitrogen and oxygen atoms in total. The van der Waals surface area contributed by atoms with Crippen LogP contribution in [0, 0.1) is 12.3 Å². The van der Waals surface area contributed by atoms with E-state index in [1.54, 1.807) is 4.68 Å². The zero-order chi connectivity index (χ0) is 10.7. The van der Waals surface area contributed by atoms with Crippen molar-refractivity contribution in [2.45, 2.75) is 12.8 Å². The molecule has 0 aliphatic heterocycles. The number of benzene rings is 1. The molecule has 0 radical (unpaired) electrons. The van der Waals surface area contributed by atoms with Gasteiger partial charge < -0.3 is 0 Å². The lowest BCUT2D eigenvalue weighted by molar-refractivity contribution is 0.794. The number of aromatic nitrogens is 3. The molecule has 2 aromatic rings. The van der Waals surface area contributed by atoms with E-state index in [-0.39, 0.29) is 5.92 Å². The van der Waals surface area contributed by atoms with Crippen molar-refractivity contribution >= 4 is 0 Å². The van der Waals surface area contributed by atoms with Crippen molar-refractivity contribution in [2.75, 3.05) is 0 Å². The van der Waals surface area contributed by atoms with E-state index < -0.39 is 0 Å². The molecule has 0 aliphatic rings. The Kier molecular flexibility index (Phi) is 2.51. The Hall–Kier alpha value is -2.08. The molecule has 0 aliphatic carbocycles. The lowest BCUT2D eigenvalue weighted by Gasteiger charge is -1.98. The maximum Gasteiger partial charge on any atom is 0.0978 e. The fourth-order valence-electron chi connectivity index (χ4n) is 1.27. The molecule has 0 amide bonds. The Labute approximate surface area is 88.7 Å². The molecule has 0 saturated heterocycles. The van der Waals surface area contributed by atoms with Crippen LogP contribution in [0.5, 0.6) is 0 Å². The van der Waals surface area contributed by atoms with Gasteiger partial charge in [-0.2, -0.15) is 0 Å². The highest BCUT2D eigenvalue weighted by Gasteiger charge is 2.07. The van der Waals surface area contributed by atoms with Crippen molar-refractivity contribution in [2.24, 2.45) is 0 Å². The molecule has 15 heavy (non-hydrogen) atoms. The van der Waals surface area contributed by atoms with E-state index in [4.69, 9.17) is 6.42 Å². The number of hydrogen-bond acceptors (Lipinski definition) is 2. The Morgan fingerprint density at radius 3 is 2.73 bits per heavy atom. The van der Waals surface area contributed by atoms with Crippen LogP contribution in [0.3, 0.4) is 0 Å². The molecule has 3 heteroatoms. The Morgan fingerprint density at radius 1 is 1.33 bits per heavy atom. The Morgan fingerprint density at radius 2 is 2.07 bits per heavy atom. The van der Waals surface area contributed by atoms with Gasteiger partial charge in [0.25, 0.3) is 0 Å². The molecule has 1 heterocycles. The van der Waals surface area contributed by atoms with Crippen LogP contribution < -0.4 is 0 Å². The van der Waals surface area contributed by atoms with Crippen molar-refractivity contribution in [3.8, 4) is 18.0 Å². The van der Waals surface area contributed by atoms with Crippen LogP contribution in [0.4, 0.5) is 0 Å². The summed E-state index contributed by atoms with van der Waals surface area (Å²) < 4.78 is 1.73. The maximum absolute atomic E-state index is 5.32. The van der Waals surface area contributed by atoms with Gasteiger partial charge >= 0.3 is 0 Å². The molecule has 0 saturated carbocycles. The second kappa shape index (κ2) is 3.97. The zero-order valence-electron chi connectivity index (χ0n) is 8.46. The fraction of sp³-hybridized carbons (Fsp3) is 0.167. The Balaban J connectivity index is 2.33. The first-order valence-electron chi connectivity index (χ1n) is 4.75. The van der Waals surface area contributed by atoms with Gasteiger partial charge in [0, 0.05) is 0 Å². The van der Waals surface area contributed by atoms with E-state index in [1.807, 2.05) is 43.5 Å². The molecule has 0 bridgehead atoms. The second-order valence-electron chi connectivity index (χ2n) is 3.31. The summed E-state index contributed by atoms with van der Waals surface area (Å²) in [5.74, 6) is 2.63. The van der Waals surface area contributed by atoms with Gasteiger partial charge in [0.05, 0.1) is 23.5 Å². The van der Waals surface area contributed by atoms with E-state index >= 15 is 0 Å². The molecule has 1 unspecified atom stereocenters. The smallest absolute Gasteiger partial charge is 0.0978 e. The predicted octanol–water partition coefficient (Wildman–Crippen LogP) is 2.00. The third kappa shape index (κ3) is 1.89. The van der Waals surface area contributed by atoms with Gasteiger partial charge in [0.15, 0.2) is 0 Å². The minimum absolute atomic E-state index is 0.00228. The fourth-order valence-corrected chi connectivity index (χ4v) is 1.27. The molecule has 74 valence electrons. The monoisotopic (exact) mass is 197 g/mol. The molecule has 1 aromatic carbocycles. The van der Waals surface area contributed by atoms with Gasteiger partial charge in [-0.3, -0.25) is 0 Å². The summed E-state index contributed by atoms with van der Waals surface area (Å²) in [5, 5.41) is 8.06. The third-order valence-corrected chi connectivity index (χ3v) is 2.23. The molecule has 0 N–H and O–H groups in total. The molecule has 0 spiro atoms. The van der Waals surface area contributed by atoms with Gasteiger partial charge in [-0.15, -0.1) is 11.5 Å². The SMILES string of the molecule is C#CC(C)c1cn(-c2ccccc2)nn1. The first-order chi connectivity index (χ1) is 7.31. The summed E-state index contributed by atoms with van der Waals surface area (Å²) in [7, 11) is 0. The molecule has 1 atom stereocenters. The van der Waals surface area contributed by atoms with Crippen LogP contribution in [-0.2, 0) is 0 Å². The van der Waals surface area contributed by atoms with E-state index in [2.05, 4.69) is 16.2 Å². The number of hydrogen-bond donors (Lipinski definition) is 0. The van der Waals surface area contributed by atoms with E-state index in [0.29, 0.717) is 0 Å². The standard InChI is InChI=1S/C12H11N3/c1-3-10(2)12-9-15(14-13-12)11-7-5-4-6-8-11/h1,4-10H,2H3. The summed E-state index contributed by atoms with van der Waals surface area (Å²) >= 11 is 0. The minimum Gasteiger partial charge on any atom is -0.220 e. The molecule has 2 rings (SSSR count). The van der Waals surface area contributed by atoms with Crippen LogP contribution in [0.2, 0.25) is 0 Å². The molecular formula is C12H11N3. The highest BCUT2D eigenvalue weighted by Crippen LogP contribution is 2.12. The molecular weight excluding hydrogens is 186 g/mol. The van der Waals surface area contributed by atoms with Gasteiger partial charge in [0.1, 0.15) is 0 Å². The van der Waals surface area contributed by atoms with Gasteiger partial charge in [-0.1, -0.05) is 29.3 Å². The van der Waals surface area contributed by atoms with Crippen molar-refractivity contribution in [1.29, 1.82) is 0 Å². The summed E-state index contributed by atoms with van der Waals surface area (Å²) in [6.45, 7) is 1.93. The van der Waals surface area contributed by atoms with Gasteiger partial charge in [-0.05, 0) is 19.1 Å². The third-order valence-electron chi connectivity index (χ3n) is 2.23. The van der Waals surface area contributed by atoms with Crippen LogP contribution in [-0.4, -0.2) is 15.0 Å². The summed E-state index contributed by atoms with van der Waals surface area (Å²) in [4.78, 5) is 0. The average Bonchev–Trinajstić information content (AvgIpc) is 2.78. The first-order valence-corrected chi connectivity index (χ1v) is 4.75. The van der Waals surface area contributed by atoms with Crippen molar-refractivity contribution in [1.82, 2.24) is 15.0 Å². The highest BCUT2D eigenvalue weighted by molar-refractivity contribution is 5.30. The van der Waals surface area contributed by atoms with E-state index in [0.717, 1.165) is 11.4 Å². The number of para-hydroxylation sites is 1. The number of nitrogens with zero attached hydrogens (tertiary/aromatic N) is 3. The molecule has 0 fully saturated rings. The number of rotatable bonds is 2. The summed E-state index contributed by atoms with van der Waals surface area (Å²) in [6.07, 6.45) is 7.19. The van der Waals surface area contributed by atoms with Crippen LogP contribution in [0.15, 0.2) is 36.5 Å². The Bertz CT molecular complexity index is 479. The quantitative estimate of drug-likeness (QED) is 0.689. The largest absolute Gasteiger partial charge is 0.220 e. The van der Waals surface area contributed by atoms with Crippen LogP contribution in [0.25, 0.3) is 5.69 Å². The maximum atomic E-state index is 5.32. The summed E-state index contributed by atoms with van der Waals surface area (Å²) in [6, 6.07) is 9.83. The minimum atomic E-state index is 0.00228. The average molecular weight is 197 g/mol. The van der Waals surface area contributed by atoms with Crippen LogP contribution >= 0.6 is 0 Å². The lowest BCUT2D eigenvalue weighted by atomic mass is 10.1. The topological polar surface area (TPSA) is 30.7 Å². The second-order valence-corrected chi connectivity index (χ2v) is 3.31. The first kappa shape index (κ1) is 9.47. The van der Waals surface area contributed by atoms with Gasteiger partial charge in [0.2, 0.25) is 0 Å². The zero-order valence-corrected chi connectivity index (χ0v) is 8.46. The number of terminal acetylenes is 1. The summed E-state index contributed by atoms with van der Waals surface area (Å²) in [5.41, 5.74) is 1.81. The van der Waals surface area contributed by atoms with Crippen molar-refractivity contribution in [3.05, 3.63) is 42.2 Å². The van der Waals surface area contributed by atoms with E-state index in [1.165, 1.54) is 0 Å².